The second-order valence-corrected chi connectivity index (χ2v) is 7.12. The number of carboxylic acid groups (broad SMARTS) is 1. The van der Waals surface area contributed by atoms with E-state index < -0.39 is 5.97 Å². The molecule has 0 aromatic rings. The zero-order chi connectivity index (χ0) is 16.7. The molecule has 0 atom stereocenters. The van der Waals surface area contributed by atoms with Crippen LogP contribution in [0.15, 0.2) is 0 Å². The van der Waals surface area contributed by atoms with Crippen molar-refractivity contribution in [3.63, 3.8) is 0 Å². The minimum Gasteiger partial charge on any atom is -0.480 e. The molecular weight excluding hydrogens is 294 g/mol. The van der Waals surface area contributed by atoms with E-state index in [1.165, 1.54) is 32.1 Å². The molecule has 1 saturated heterocycles. The van der Waals surface area contributed by atoms with Crippen molar-refractivity contribution in [2.45, 2.75) is 51.0 Å². The molecule has 132 valence electrons. The minimum absolute atomic E-state index is 0.0898. The van der Waals surface area contributed by atoms with Gasteiger partial charge in [0.15, 0.2) is 0 Å². The fourth-order valence-electron chi connectivity index (χ4n) is 3.77. The van der Waals surface area contributed by atoms with Crippen molar-refractivity contribution in [3.05, 3.63) is 0 Å². The Labute approximate surface area is 139 Å². The Bertz CT molecular complexity index is 389. The summed E-state index contributed by atoms with van der Waals surface area (Å²) in [5, 5.41) is 11.9. The normalized spacial score (nSPS) is 21.5. The Balaban J connectivity index is 1.61. The molecule has 2 fully saturated rings. The average Bonchev–Trinajstić information content (AvgIpc) is 2.54. The summed E-state index contributed by atoms with van der Waals surface area (Å²) in [6.45, 7) is 3.13. The summed E-state index contributed by atoms with van der Waals surface area (Å²) in [5.74, 6) is 0.0213. The zero-order valence-electron chi connectivity index (χ0n) is 14.3. The van der Waals surface area contributed by atoms with Crippen LogP contribution in [0.2, 0.25) is 0 Å². The lowest BCUT2D eigenvalue weighted by Gasteiger charge is -2.35. The largest absolute Gasteiger partial charge is 0.480 e. The predicted molar refractivity (Wildman–Crippen MR) is 89.3 cm³/mol. The van der Waals surface area contributed by atoms with E-state index in [4.69, 9.17) is 5.11 Å². The molecule has 1 aliphatic carbocycles. The molecule has 1 saturated carbocycles. The van der Waals surface area contributed by atoms with Crippen LogP contribution in [0, 0.1) is 5.92 Å². The third-order valence-corrected chi connectivity index (χ3v) is 5.24. The molecule has 2 N–H and O–H groups in total. The van der Waals surface area contributed by atoms with Gasteiger partial charge >= 0.3 is 5.97 Å². The Morgan fingerprint density at radius 3 is 2.39 bits per heavy atom. The van der Waals surface area contributed by atoms with Crippen molar-refractivity contribution in [2.75, 3.05) is 39.8 Å². The molecule has 2 rings (SSSR count). The van der Waals surface area contributed by atoms with Crippen LogP contribution < -0.4 is 5.32 Å². The maximum atomic E-state index is 12.1. The predicted octanol–water partition coefficient (Wildman–Crippen LogP) is 1.16. The average molecular weight is 325 g/mol. The van der Waals surface area contributed by atoms with Gasteiger partial charge in [0.1, 0.15) is 0 Å². The van der Waals surface area contributed by atoms with Crippen LogP contribution in [-0.2, 0) is 9.59 Å². The molecular formula is C17H31N3O3. The van der Waals surface area contributed by atoms with Crippen LogP contribution in [0.4, 0.5) is 0 Å². The Hall–Kier alpha value is -1.14. The summed E-state index contributed by atoms with van der Waals surface area (Å²) < 4.78 is 0. The van der Waals surface area contributed by atoms with Gasteiger partial charge in [-0.3, -0.25) is 19.4 Å². The number of carboxylic acids is 1. The smallest absolute Gasteiger partial charge is 0.317 e. The van der Waals surface area contributed by atoms with E-state index in [1.54, 1.807) is 0 Å². The van der Waals surface area contributed by atoms with Crippen molar-refractivity contribution < 1.29 is 14.7 Å². The Morgan fingerprint density at radius 1 is 1.13 bits per heavy atom. The summed E-state index contributed by atoms with van der Waals surface area (Å²) in [5.41, 5.74) is 0. The van der Waals surface area contributed by atoms with E-state index >= 15 is 0 Å². The number of piperidine rings is 1. The molecule has 0 bridgehead atoms. The molecule has 0 aromatic heterocycles. The number of rotatable bonds is 7. The van der Waals surface area contributed by atoms with Gasteiger partial charge in [-0.15, -0.1) is 0 Å². The lowest BCUT2D eigenvalue weighted by Crippen LogP contribution is -2.47. The first-order valence-electron chi connectivity index (χ1n) is 8.95. The van der Waals surface area contributed by atoms with Crippen LogP contribution in [0.3, 0.4) is 0 Å². The first-order valence-corrected chi connectivity index (χ1v) is 8.95. The van der Waals surface area contributed by atoms with Gasteiger partial charge in [-0.25, -0.2) is 0 Å². The van der Waals surface area contributed by atoms with Gasteiger partial charge in [0.25, 0.3) is 0 Å². The number of carbonyl (C=O) groups is 2. The van der Waals surface area contributed by atoms with Crippen LogP contribution in [0.25, 0.3) is 0 Å². The zero-order valence-corrected chi connectivity index (χ0v) is 14.3. The third-order valence-electron chi connectivity index (χ3n) is 5.24. The summed E-state index contributed by atoms with van der Waals surface area (Å²) in [6.07, 6.45) is 8.31. The summed E-state index contributed by atoms with van der Waals surface area (Å²) >= 11 is 0. The number of hydrogen-bond acceptors (Lipinski definition) is 4. The van der Waals surface area contributed by atoms with Gasteiger partial charge < -0.3 is 10.4 Å². The lowest BCUT2D eigenvalue weighted by molar-refractivity contribution is -0.138. The topological polar surface area (TPSA) is 72.9 Å². The molecule has 6 nitrogen and oxygen atoms in total. The molecule has 2 aliphatic rings. The van der Waals surface area contributed by atoms with E-state index in [-0.39, 0.29) is 12.5 Å². The number of nitrogens with one attached hydrogen (secondary N) is 1. The Kier molecular flexibility index (Phi) is 7.30. The second-order valence-electron chi connectivity index (χ2n) is 7.12. The number of nitrogens with zero attached hydrogens (tertiary/aromatic N) is 2. The fraction of sp³-hybridized carbons (Fsp3) is 0.882. The molecule has 1 aliphatic heterocycles. The highest BCUT2D eigenvalue weighted by atomic mass is 16.4. The summed E-state index contributed by atoms with van der Waals surface area (Å²) in [6, 6.07) is 0.313. The van der Waals surface area contributed by atoms with Crippen LogP contribution >= 0.6 is 0 Å². The number of carbonyl (C=O) groups excluding carboxylic acids is 1. The van der Waals surface area contributed by atoms with Gasteiger partial charge in [-0.2, -0.15) is 0 Å². The van der Waals surface area contributed by atoms with Gasteiger partial charge in [-0.05, 0) is 38.6 Å². The van der Waals surface area contributed by atoms with Gasteiger partial charge in [-0.1, -0.05) is 19.3 Å². The van der Waals surface area contributed by atoms with Gasteiger partial charge in [0.05, 0.1) is 13.1 Å². The minimum atomic E-state index is -0.781. The third kappa shape index (κ3) is 6.47. The quantitative estimate of drug-likeness (QED) is 0.735. The number of amides is 1. The van der Waals surface area contributed by atoms with E-state index in [0.29, 0.717) is 18.5 Å². The maximum Gasteiger partial charge on any atom is 0.317 e. The van der Waals surface area contributed by atoms with Crippen molar-refractivity contribution in [3.8, 4) is 0 Å². The van der Waals surface area contributed by atoms with E-state index in [2.05, 4.69) is 10.2 Å². The Morgan fingerprint density at radius 2 is 1.78 bits per heavy atom. The highest BCUT2D eigenvalue weighted by Gasteiger charge is 2.24. The van der Waals surface area contributed by atoms with Crippen molar-refractivity contribution in [2.24, 2.45) is 5.92 Å². The molecule has 0 aromatic carbocycles. The van der Waals surface area contributed by atoms with Crippen LogP contribution in [0.5, 0.6) is 0 Å². The number of hydrogen-bond donors (Lipinski definition) is 2. The standard InChI is InChI=1S/C17H31N3O3/c1-19(13-17(22)23)15-7-9-20(10-8-15)12-16(21)18-11-14-5-3-2-4-6-14/h14-15H,2-13H2,1H3,(H,18,21)(H,22,23). The molecule has 1 heterocycles. The van der Waals surface area contributed by atoms with Gasteiger partial charge in [0, 0.05) is 25.7 Å². The van der Waals surface area contributed by atoms with Crippen LogP contribution in [-0.4, -0.2) is 72.6 Å². The molecule has 0 unspecified atom stereocenters. The molecule has 23 heavy (non-hydrogen) atoms. The molecule has 1 amide bonds. The summed E-state index contributed by atoms with van der Waals surface area (Å²) in [4.78, 5) is 26.9. The van der Waals surface area contributed by atoms with Crippen molar-refractivity contribution in [1.82, 2.24) is 15.1 Å². The fourth-order valence-corrected chi connectivity index (χ4v) is 3.77. The maximum absolute atomic E-state index is 12.1. The van der Waals surface area contributed by atoms with E-state index in [0.717, 1.165) is 32.5 Å². The van der Waals surface area contributed by atoms with Crippen molar-refractivity contribution >= 4 is 11.9 Å². The monoisotopic (exact) mass is 325 g/mol. The number of likely N-dealkylation sites (N-methyl/N-ethyl adjacent to an activating group) is 1. The highest BCUT2D eigenvalue weighted by Crippen LogP contribution is 2.22. The second kappa shape index (κ2) is 9.23. The molecule has 6 heteroatoms. The van der Waals surface area contributed by atoms with E-state index in [1.807, 2.05) is 11.9 Å². The first kappa shape index (κ1) is 18.2. The molecule has 0 spiro atoms. The summed E-state index contributed by atoms with van der Waals surface area (Å²) in [7, 11) is 1.87. The molecule has 0 radical (unpaired) electrons. The van der Waals surface area contributed by atoms with Gasteiger partial charge in [0.2, 0.25) is 5.91 Å². The SMILES string of the molecule is CN(CC(=O)O)C1CCN(CC(=O)NCC2CCCCC2)CC1. The highest BCUT2D eigenvalue weighted by molar-refractivity contribution is 5.78. The first-order chi connectivity index (χ1) is 11.0. The van der Waals surface area contributed by atoms with E-state index in [9.17, 15) is 9.59 Å². The lowest BCUT2D eigenvalue weighted by atomic mass is 9.89. The number of likely N-dealkylation sites (tertiary alicyclic amines) is 1. The van der Waals surface area contributed by atoms with Crippen LogP contribution in [0.1, 0.15) is 44.9 Å². The van der Waals surface area contributed by atoms with Crippen molar-refractivity contribution in [1.29, 1.82) is 0 Å². The number of aliphatic carboxylic acids is 1.